The van der Waals surface area contributed by atoms with Gasteiger partial charge in [0.1, 0.15) is 0 Å². The minimum atomic E-state index is -0.918. The number of rotatable bonds is 1. The van der Waals surface area contributed by atoms with Gasteiger partial charge in [-0.05, 0) is 26.7 Å². The number of ether oxygens (including phenoxy) is 1. The number of likely N-dealkylation sites (tertiary alicyclic amines) is 1. The van der Waals surface area contributed by atoms with E-state index in [0.29, 0.717) is 12.8 Å². The molecule has 0 radical (unpaired) electrons. The Balaban J connectivity index is 2.70. The first-order valence-electron chi connectivity index (χ1n) is 5.06. The van der Waals surface area contributed by atoms with E-state index in [4.69, 9.17) is 5.11 Å². The molecule has 2 unspecified atom stereocenters. The number of esters is 1. The first kappa shape index (κ1) is 11.8. The minimum Gasteiger partial charge on any atom is -0.469 e. The van der Waals surface area contributed by atoms with Gasteiger partial charge in [0.2, 0.25) is 0 Å². The average molecular weight is 215 g/mol. The van der Waals surface area contributed by atoms with Crippen LogP contribution in [-0.4, -0.2) is 41.3 Å². The molecule has 5 nitrogen and oxygen atoms in total. The second-order valence-corrected chi connectivity index (χ2v) is 4.08. The normalized spacial score (nSPS) is 31.1. The summed E-state index contributed by atoms with van der Waals surface area (Å²) in [5.41, 5.74) is 0. The molecule has 1 aliphatic heterocycles. The molecule has 0 aromatic heterocycles. The van der Waals surface area contributed by atoms with Gasteiger partial charge in [0.05, 0.1) is 13.0 Å². The predicted octanol–water partition coefficient (Wildman–Crippen LogP) is 1.33. The van der Waals surface area contributed by atoms with Crippen LogP contribution < -0.4 is 0 Å². The van der Waals surface area contributed by atoms with Gasteiger partial charge in [-0.15, -0.1) is 0 Å². The van der Waals surface area contributed by atoms with Crippen LogP contribution >= 0.6 is 0 Å². The van der Waals surface area contributed by atoms with Crippen LogP contribution in [0.3, 0.4) is 0 Å². The largest absolute Gasteiger partial charge is 0.469 e. The Morgan fingerprint density at radius 1 is 1.27 bits per heavy atom. The zero-order chi connectivity index (χ0) is 11.6. The Kier molecular flexibility index (Phi) is 3.55. The topological polar surface area (TPSA) is 66.8 Å². The van der Waals surface area contributed by atoms with Gasteiger partial charge in [-0.25, -0.2) is 4.79 Å². The maximum Gasteiger partial charge on any atom is 0.407 e. The van der Waals surface area contributed by atoms with E-state index >= 15 is 0 Å². The molecule has 1 N–H and O–H groups in total. The molecule has 1 aliphatic rings. The van der Waals surface area contributed by atoms with Crippen molar-refractivity contribution < 1.29 is 19.4 Å². The van der Waals surface area contributed by atoms with Crippen LogP contribution in [0.15, 0.2) is 0 Å². The van der Waals surface area contributed by atoms with Crippen molar-refractivity contribution in [2.24, 2.45) is 5.92 Å². The summed E-state index contributed by atoms with van der Waals surface area (Å²) in [4.78, 5) is 23.7. The fourth-order valence-corrected chi connectivity index (χ4v) is 2.32. The van der Waals surface area contributed by atoms with Gasteiger partial charge >= 0.3 is 12.1 Å². The van der Waals surface area contributed by atoms with Gasteiger partial charge in [0.25, 0.3) is 0 Å². The van der Waals surface area contributed by atoms with E-state index in [-0.39, 0.29) is 24.0 Å². The maximum atomic E-state index is 11.3. The van der Waals surface area contributed by atoms with E-state index < -0.39 is 6.09 Å². The van der Waals surface area contributed by atoms with Gasteiger partial charge in [-0.3, -0.25) is 4.79 Å². The third-order valence-corrected chi connectivity index (χ3v) is 2.96. The monoisotopic (exact) mass is 215 g/mol. The lowest BCUT2D eigenvalue weighted by atomic mass is 9.87. The standard InChI is InChI=1S/C10H17NO4/c1-6-4-8(9(12)15-3)5-7(2)11(6)10(13)14/h6-8H,4-5H2,1-3H3,(H,13,14). The van der Waals surface area contributed by atoms with Crippen molar-refractivity contribution >= 4 is 12.1 Å². The number of hydrogen-bond acceptors (Lipinski definition) is 3. The highest BCUT2D eigenvalue weighted by Crippen LogP contribution is 2.28. The van der Waals surface area contributed by atoms with Crippen molar-refractivity contribution in [1.29, 1.82) is 0 Å². The highest BCUT2D eigenvalue weighted by molar-refractivity contribution is 5.73. The summed E-state index contributed by atoms with van der Waals surface area (Å²) in [7, 11) is 1.36. The van der Waals surface area contributed by atoms with Crippen molar-refractivity contribution in [3.8, 4) is 0 Å². The summed E-state index contributed by atoms with van der Waals surface area (Å²) in [5.74, 6) is -0.408. The van der Waals surface area contributed by atoms with Crippen molar-refractivity contribution in [3.05, 3.63) is 0 Å². The van der Waals surface area contributed by atoms with E-state index in [2.05, 4.69) is 4.74 Å². The van der Waals surface area contributed by atoms with Gasteiger partial charge in [0.15, 0.2) is 0 Å². The molecule has 5 heteroatoms. The molecule has 0 aromatic rings. The van der Waals surface area contributed by atoms with Crippen molar-refractivity contribution in [3.63, 3.8) is 0 Å². The first-order chi connectivity index (χ1) is 6.97. The van der Waals surface area contributed by atoms with Crippen LogP contribution in [0.25, 0.3) is 0 Å². The van der Waals surface area contributed by atoms with E-state index in [1.165, 1.54) is 12.0 Å². The maximum absolute atomic E-state index is 11.3. The Labute approximate surface area is 89.0 Å². The predicted molar refractivity (Wildman–Crippen MR) is 53.5 cm³/mol. The lowest BCUT2D eigenvalue weighted by Gasteiger charge is -2.39. The molecule has 1 fully saturated rings. The van der Waals surface area contributed by atoms with Crippen LogP contribution in [0, 0.1) is 5.92 Å². The molecule has 86 valence electrons. The van der Waals surface area contributed by atoms with E-state index in [9.17, 15) is 9.59 Å². The third-order valence-electron chi connectivity index (χ3n) is 2.96. The zero-order valence-corrected chi connectivity index (χ0v) is 9.27. The summed E-state index contributed by atoms with van der Waals surface area (Å²) in [6.07, 6.45) is 0.172. The molecule has 0 bridgehead atoms. The van der Waals surface area contributed by atoms with Crippen LogP contribution in [0.4, 0.5) is 4.79 Å². The van der Waals surface area contributed by atoms with Crippen LogP contribution in [0.2, 0.25) is 0 Å². The molecule has 1 amide bonds. The lowest BCUT2D eigenvalue weighted by Crippen LogP contribution is -2.50. The summed E-state index contributed by atoms with van der Waals surface area (Å²) in [5, 5.41) is 8.97. The summed E-state index contributed by atoms with van der Waals surface area (Å²) >= 11 is 0. The van der Waals surface area contributed by atoms with Crippen molar-refractivity contribution in [2.75, 3.05) is 7.11 Å². The highest BCUT2D eigenvalue weighted by Gasteiger charge is 2.37. The quantitative estimate of drug-likeness (QED) is 0.670. The van der Waals surface area contributed by atoms with Crippen molar-refractivity contribution in [2.45, 2.75) is 38.8 Å². The van der Waals surface area contributed by atoms with E-state index in [0.717, 1.165) is 0 Å². The minimum absolute atomic E-state index is 0.129. The zero-order valence-electron chi connectivity index (χ0n) is 9.27. The number of nitrogens with zero attached hydrogens (tertiary/aromatic N) is 1. The second-order valence-electron chi connectivity index (χ2n) is 4.08. The molecule has 1 saturated heterocycles. The van der Waals surface area contributed by atoms with Gasteiger partial charge < -0.3 is 14.7 Å². The molecule has 1 rings (SSSR count). The van der Waals surface area contributed by atoms with Crippen molar-refractivity contribution in [1.82, 2.24) is 4.90 Å². The molecule has 0 saturated carbocycles. The average Bonchev–Trinajstić information content (AvgIpc) is 2.14. The number of methoxy groups -OCH3 is 1. The SMILES string of the molecule is COC(=O)C1CC(C)N(C(=O)O)C(C)C1. The number of amides is 1. The van der Waals surface area contributed by atoms with Crippen LogP contribution in [0.5, 0.6) is 0 Å². The van der Waals surface area contributed by atoms with E-state index in [1.54, 1.807) is 0 Å². The summed E-state index contributed by atoms with van der Waals surface area (Å²) < 4.78 is 4.68. The number of piperidine rings is 1. The Morgan fingerprint density at radius 3 is 2.07 bits per heavy atom. The number of carboxylic acid groups (broad SMARTS) is 1. The van der Waals surface area contributed by atoms with Gasteiger partial charge in [-0.1, -0.05) is 0 Å². The highest BCUT2D eigenvalue weighted by atomic mass is 16.5. The van der Waals surface area contributed by atoms with Gasteiger partial charge in [-0.2, -0.15) is 0 Å². The number of carbonyl (C=O) groups is 2. The second kappa shape index (κ2) is 4.51. The molecular weight excluding hydrogens is 198 g/mol. The third kappa shape index (κ3) is 2.40. The summed E-state index contributed by atoms with van der Waals surface area (Å²) in [6.45, 7) is 3.64. The smallest absolute Gasteiger partial charge is 0.407 e. The van der Waals surface area contributed by atoms with Crippen LogP contribution in [0.1, 0.15) is 26.7 Å². The molecule has 2 atom stereocenters. The van der Waals surface area contributed by atoms with Gasteiger partial charge in [0, 0.05) is 12.1 Å². The molecule has 0 aromatic carbocycles. The van der Waals surface area contributed by atoms with Crippen LogP contribution in [-0.2, 0) is 9.53 Å². The lowest BCUT2D eigenvalue weighted by molar-refractivity contribution is -0.148. The number of carbonyl (C=O) groups excluding carboxylic acids is 1. The Morgan fingerprint density at radius 2 is 1.73 bits per heavy atom. The fraction of sp³-hybridized carbons (Fsp3) is 0.800. The molecular formula is C10H17NO4. The Hall–Kier alpha value is -1.26. The number of hydrogen-bond donors (Lipinski definition) is 1. The summed E-state index contributed by atoms with van der Waals surface area (Å²) in [6, 6.07) is -0.259. The first-order valence-corrected chi connectivity index (χ1v) is 5.06. The fourth-order valence-electron chi connectivity index (χ4n) is 2.32. The molecule has 1 heterocycles. The molecule has 0 aliphatic carbocycles. The van der Waals surface area contributed by atoms with E-state index in [1.807, 2.05) is 13.8 Å². The Bertz CT molecular complexity index is 254. The molecule has 15 heavy (non-hydrogen) atoms. The molecule has 0 spiro atoms.